The molecule has 0 aromatic carbocycles. The van der Waals surface area contributed by atoms with E-state index in [0.717, 1.165) is 7.11 Å². The Kier molecular flexibility index (Phi) is 7.15. The SMILES string of the molecule is C#CCNC(=O)C[C@H](NC(=O)OC(C)(C)C)C(=O)OC. The number of alkyl carbamates (subject to hydrolysis) is 1. The molecule has 2 N–H and O–H groups in total. The predicted octanol–water partition coefficient (Wildman–Crippen LogP) is 0.192. The topological polar surface area (TPSA) is 93.7 Å². The number of hydrogen-bond donors (Lipinski definition) is 2. The first-order valence-corrected chi connectivity index (χ1v) is 5.97. The van der Waals surface area contributed by atoms with Crippen LogP contribution in [0.5, 0.6) is 0 Å². The highest BCUT2D eigenvalue weighted by Gasteiger charge is 2.27. The van der Waals surface area contributed by atoms with E-state index in [0.29, 0.717) is 0 Å². The second kappa shape index (κ2) is 8.04. The lowest BCUT2D eigenvalue weighted by atomic mass is 10.2. The van der Waals surface area contributed by atoms with Gasteiger partial charge in [0.2, 0.25) is 5.91 Å². The summed E-state index contributed by atoms with van der Waals surface area (Å²) in [6.07, 6.45) is 3.91. The van der Waals surface area contributed by atoms with Crippen molar-refractivity contribution in [2.45, 2.75) is 38.8 Å². The lowest BCUT2D eigenvalue weighted by molar-refractivity contribution is -0.144. The van der Waals surface area contributed by atoms with Crippen molar-refractivity contribution in [3.05, 3.63) is 0 Å². The standard InChI is InChI=1S/C13H20N2O5/c1-6-7-14-10(16)8-9(11(17)19-5)15-12(18)20-13(2,3)4/h1,9H,7-8H2,2-5H3,(H,14,16)(H,15,18)/t9-/m0/s1. The van der Waals surface area contributed by atoms with E-state index in [1.54, 1.807) is 20.8 Å². The van der Waals surface area contributed by atoms with Gasteiger partial charge in [-0.05, 0) is 20.8 Å². The highest BCUT2D eigenvalue weighted by atomic mass is 16.6. The summed E-state index contributed by atoms with van der Waals surface area (Å²) < 4.78 is 9.52. The molecule has 112 valence electrons. The molecule has 0 aromatic rings. The van der Waals surface area contributed by atoms with Crippen molar-refractivity contribution in [3.63, 3.8) is 0 Å². The number of nitrogens with one attached hydrogen (secondary N) is 2. The molecule has 0 fully saturated rings. The van der Waals surface area contributed by atoms with Crippen molar-refractivity contribution in [2.24, 2.45) is 0 Å². The van der Waals surface area contributed by atoms with Crippen LogP contribution >= 0.6 is 0 Å². The largest absolute Gasteiger partial charge is 0.467 e. The van der Waals surface area contributed by atoms with Gasteiger partial charge in [0, 0.05) is 0 Å². The Morgan fingerprint density at radius 3 is 2.35 bits per heavy atom. The van der Waals surface area contributed by atoms with Gasteiger partial charge in [0.1, 0.15) is 11.6 Å². The van der Waals surface area contributed by atoms with Crippen LogP contribution in [-0.4, -0.2) is 43.3 Å². The van der Waals surface area contributed by atoms with Crippen LogP contribution < -0.4 is 10.6 Å². The third-order valence-electron chi connectivity index (χ3n) is 1.95. The summed E-state index contributed by atoms with van der Waals surface area (Å²) in [6, 6.07) is -1.13. The summed E-state index contributed by atoms with van der Waals surface area (Å²) in [5.41, 5.74) is -0.712. The van der Waals surface area contributed by atoms with Crippen molar-refractivity contribution in [3.8, 4) is 12.3 Å². The summed E-state index contributed by atoms with van der Waals surface area (Å²) in [5, 5.41) is 4.67. The number of hydrogen-bond acceptors (Lipinski definition) is 5. The highest BCUT2D eigenvalue weighted by Crippen LogP contribution is 2.07. The van der Waals surface area contributed by atoms with E-state index in [-0.39, 0.29) is 13.0 Å². The average Bonchev–Trinajstić information content (AvgIpc) is 2.32. The van der Waals surface area contributed by atoms with Gasteiger partial charge < -0.3 is 20.1 Å². The number of carbonyl (C=O) groups is 3. The van der Waals surface area contributed by atoms with Crippen molar-refractivity contribution in [2.75, 3.05) is 13.7 Å². The molecular formula is C13H20N2O5. The normalized spacial score (nSPS) is 11.8. The molecule has 7 heteroatoms. The van der Waals surface area contributed by atoms with Crippen LogP contribution in [-0.2, 0) is 19.1 Å². The smallest absolute Gasteiger partial charge is 0.408 e. The molecule has 0 bridgehead atoms. The lowest BCUT2D eigenvalue weighted by Gasteiger charge is -2.22. The zero-order valence-electron chi connectivity index (χ0n) is 12.1. The molecule has 0 aliphatic carbocycles. The number of ether oxygens (including phenoxy) is 2. The fourth-order valence-corrected chi connectivity index (χ4v) is 1.19. The minimum atomic E-state index is -1.13. The van der Waals surface area contributed by atoms with E-state index in [1.165, 1.54) is 0 Å². The van der Waals surface area contributed by atoms with Crippen LogP contribution in [0.15, 0.2) is 0 Å². The second-order valence-electron chi connectivity index (χ2n) is 4.91. The first kappa shape index (κ1) is 17.8. The maximum absolute atomic E-state index is 11.6. The van der Waals surface area contributed by atoms with Gasteiger partial charge in [-0.15, -0.1) is 6.42 Å². The summed E-state index contributed by atoms with van der Waals surface area (Å²) in [6.45, 7) is 5.08. The van der Waals surface area contributed by atoms with E-state index in [2.05, 4.69) is 21.3 Å². The van der Waals surface area contributed by atoms with Crippen LogP contribution in [0.1, 0.15) is 27.2 Å². The fourth-order valence-electron chi connectivity index (χ4n) is 1.19. The zero-order valence-corrected chi connectivity index (χ0v) is 12.1. The van der Waals surface area contributed by atoms with Crippen LogP contribution in [0.25, 0.3) is 0 Å². The van der Waals surface area contributed by atoms with E-state index >= 15 is 0 Å². The molecule has 0 spiro atoms. The third-order valence-corrected chi connectivity index (χ3v) is 1.95. The van der Waals surface area contributed by atoms with Crippen molar-refractivity contribution >= 4 is 18.0 Å². The molecule has 0 saturated heterocycles. The van der Waals surface area contributed by atoms with E-state index < -0.39 is 29.6 Å². The Morgan fingerprint density at radius 2 is 1.90 bits per heavy atom. The molecule has 0 saturated carbocycles. The maximum Gasteiger partial charge on any atom is 0.408 e. The van der Waals surface area contributed by atoms with Crippen LogP contribution in [0, 0.1) is 12.3 Å². The summed E-state index contributed by atoms with van der Waals surface area (Å²) in [5.74, 6) is 1.01. The molecule has 2 amide bonds. The van der Waals surface area contributed by atoms with Crippen molar-refractivity contribution < 1.29 is 23.9 Å². The maximum atomic E-state index is 11.6. The molecule has 0 heterocycles. The Balaban J connectivity index is 4.58. The molecule has 0 aromatic heterocycles. The minimum absolute atomic E-state index is 0.0408. The van der Waals surface area contributed by atoms with Gasteiger partial charge in [0.05, 0.1) is 20.1 Å². The summed E-state index contributed by atoms with van der Waals surface area (Å²) in [4.78, 5) is 34.6. The quantitative estimate of drug-likeness (QED) is 0.555. The number of carbonyl (C=O) groups excluding carboxylic acids is 3. The van der Waals surface area contributed by atoms with Gasteiger partial charge in [-0.3, -0.25) is 4.79 Å². The molecule has 0 unspecified atom stereocenters. The van der Waals surface area contributed by atoms with Crippen molar-refractivity contribution in [1.29, 1.82) is 0 Å². The van der Waals surface area contributed by atoms with Gasteiger partial charge in [0.15, 0.2) is 0 Å². The summed E-state index contributed by atoms with van der Waals surface area (Å²) in [7, 11) is 1.16. The van der Waals surface area contributed by atoms with Gasteiger partial charge >= 0.3 is 12.1 Å². The number of esters is 1. The van der Waals surface area contributed by atoms with Crippen LogP contribution in [0.4, 0.5) is 4.79 Å². The van der Waals surface area contributed by atoms with Crippen LogP contribution in [0.3, 0.4) is 0 Å². The number of terminal acetylenes is 1. The molecule has 7 nitrogen and oxygen atoms in total. The number of methoxy groups -OCH3 is 1. The molecule has 1 atom stereocenters. The molecular weight excluding hydrogens is 264 g/mol. The Labute approximate surface area is 118 Å². The average molecular weight is 284 g/mol. The highest BCUT2D eigenvalue weighted by molar-refractivity contribution is 5.88. The van der Waals surface area contributed by atoms with Crippen LogP contribution in [0.2, 0.25) is 0 Å². The van der Waals surface area contributed by atoms with E-state index in [4.69, 9.17) is 11.2 Å². The Bertz CT molecular complexity index is 406. The fraction of sp³-hybridized carbons (Fsp3) is 0.615. The van der Waals surface area contributed by atoms with Gasteiger partial charge in [-0.2, -0.15) is 0 Å². The van der Waals surface area contributed by atoms with Gasteiger partial charge in [-0.25, -0.2) is 9.59 Å². The van der Waals surface area contributed by atoms with Crippen molar-refractivity contribution in [1.82, 2.24) is 10.6 Å². The lowest BCUT2D eigenvalue weighted by Crippen LogP contribution is -2.46. The van der Waals surface area contributed by atoms with E-state index in [9.17, 15) is 14.4 Å². The molecule has 0 rings (SSSR count). The van der Waals surface area contributed by atoms with E-state index in [1.807, 2.05) is 0 Å². The predicted molar refractivity (Wildman–Crippen MR) is 71.6 cm³/mol. The molecule has 0 aliphatic rings. The zero-order chi connectivity index (χ0) is 15.8. The molecule has 0 aliphatic heterocycles. The molecule has 0 radical (unpaired) electrons. The summed E-state index contributed by atoms with van der Waals surface area (Å²) >= 11 is 0. The Hall–Kier alpha value is -2.23. The number of amides is 2. The van der Waals surface area contributed by atoms with Gasteiger partial charge in [0.25, 0.3) is 0 Å². The number of rotatable bonds is 5. The molecule has 20 heavy (non-hydrogen) atoms. The Morgan fingerprint density at radius 1 is 1.30 bits per heavy atom. The third kappa shape index (κ3) is 7.97. The van der Waals surface area contributed by atoms with Gasteiger partial charge in [-0.1, -0.05) is 5.92 Å². The first-order valence-electron chi connectivity index (χ1n) is 5.97. The second-order valence-corrected chi connectivity index (χ2v) is 4.91. The first-order chi connectivity index (χ1) is 9.19. The monoisotopic (exact) mass is 284 g/mol. The minimum Gasteiger partial charge on any atom is -0.467 e.